The monoisotopic (exact) mass is 440 g/mol. The van der Waals surface area contributed by atoms with Gasteiger partial charge in [0.15, 0.2) is 0 Å². The van der Waals surface area contributed by atoms with Crippen molar-refractivity contribution in [1.29, 1.82) is 0 Å². The van der Waals surface area contributed by atoms with Crippen LogP contribution in [0, 0.1) is 13.8 Å². The summed E-state index contributed by atoms with van der Waals surface area (Å²) < 4.78 is 0. The van der Waals surface area contributed by atoms with Crippen LogP contribution in [0.15, 0.2) is 58.0 Å². The maximum absolute atomic E-state index is 13.4. The molecule has 6 heteroatoms. The van der Waals surface area contributed by atoms with Crippen molar-refractivity contribution in [1.82, 2.24) is 5.32 Å². The van der Waals surface area contributed by atoms with E-state index in [4.69, 9.17) is 11.6 Å². The Bertz CT molecular complexity index is 1010. The predicted octanol–water partition coefficient (Wildman–Crippen LogP) is 5.76. The second-order valence-corrected chi connectivity index (χ2v) is 9.47. The second kappa shape index (κ2) is 8.86. The molecule has 1 aliphatic carbocycles. The molecule has 0 spiro atoms. The average molecular weight is 441 g/mol. The van der Waals surface area contributed by atoms with Crippen LogP contribution in [0.2, 0.25) is 5.02 Å². The van der Waals surface area contributed by atoms with E-state index in [1.165, 1.54) is 23.1 Å². The molecule has 156 valence electrons. The second-order valence-electron chi connectivity index (χ2n) is 7.98. The van der Waals surface area contributed by atoms with E-state index in [0.717, 1.165) is 41.7 Å². The Morgan fingerprint density at radius 2 is 1.67 bits per heavy atom. The lowest BCUT2D eigenvalue weighted by Crippen LogP contribution is -2.37. The number of carbonyl (C=O) groups excluding carboxylic acids is 2. The van der Waals surface area contributed by atoms with Crippen molar-refractivity contribution in [2.24, 2.45) is 0 Å². The van der Waals surface area contributed by atoms with Gasteiger partial charge in [0, 0.05) is 16.0 Å². The van der Waals surface area contributed by atoms with Crippen molar-refractivity contribution in [2.75, 3.05) is 4.90 Å². The first-order valence-corrected chi connectivity index (χ1v) is 11.5. The van der Waals surface area contributed by atoms with Crippen molar-refractivity contribution >= 4 is 40.9 Å². The molecule has 1 N–H and O–H groups in total. The molecule has 0 radical (unpaired) electrons. The highest BCUT2D eigenvalue weighted by molar-refractivity contribution is 8.04. The molecule has 1 fully saturated rings. The fourth-order valence-corrected chi connectivity index (χ4v) is 4.97. The lowest BCUT2D eigenvalue weighted by Gasteiger charge is -2.24. The summed E-state index contributed by atoms with van der Waals surface area (Å²) in [4.78, 5) is 29.4. The first kappa shape index (κ1) is 21.0. The van der Waals surface area contributed by atoms with Gasteiger partial charge in [-0.25, -0.2) is 4.90 Å². The molecule has 2 aliphatic rings. The number of imide groups is 1. The molecule has 2 aromatic carbocycles. The zero-order chi connectivity index (χ0) is 21.3. The van der Waals surface area contributed by atoms with E-state index >= 15 is 0 Å². The van der Waals surface area contributed by atoms with E-state index in [0.29, 0.717) is 21.3 Å². The summed E-state index contributed by atoms with van der Waals surface area (Å²) in [5.74, 6) is -0.607. The zero-order valence-electron chi connectivity index (χ0n) is 17.2. The van der Waals surface area contributed by atoms with E-state index in [9.17, 15) is 9.59 Å². The van der Waals surface area contributed by atoms with Gasteiger partial charge in [-0.05, 0) is 56.5 Å². The molecule has 0 atom stereocenters. The molecule has 2 amide bonds. The molecule has 4 nitrogen and oxygen atoms in total. The third kappa shape index (κ3) is 4.28. The van der Waals surface area contributed by atoms with Crippen LogP contribution in [0.3, 0.4) is 0 Å². The number of rotatable bonds is 5. The van der Waals surface area contributed by atoms with Gasteiger partial charge in [0.1, 0.15) is 10.6 Å². The van der Waals surface area contributed by atoms with E-state index in [2.05, 4.69) is 5.32 Å². The highest BCUT2D eigenvalue weighted by atomic mass is 35.5. The molecule has 0 saturated heterocycles. The van der Waals surface area contributed by atoms with Crippen LogP contribution in [0.4, 0.5) is 5.69 Å². The van der Waals surface area contributed by atoms with Crippen LogP contribution in [-0.2, 0) is 9.59 Å². The number of hydrogen-bond donors (Lipinski definition) is 1. The van der Waals surface area contributed by atoms with E-state index < -0.39 is 0 Å². The van der Waals surface area contributed by atoms with Gasteiger partial charge in [-0.15, -0.1) is 0 Å². The molecule has 1 aliphatic heterocycles. The molecule has 4 rings (SSSR count). The Morgan fingerprint density at radius 1 is 0.967 bits per heavy atom. The predicted molar refractivity (Wildman–Crippen MR) is 123 cm³/mol. The summed E-state index contributed by atoms with van der Waals surface area (Å²) in [5.41, 5.74) is 2.97. The number of anilines is 1. The largest absolute Gasteiger partial charge is 0.377 e. The van der Waals surface area contributed by atoms with Crippen LogP contribution in [-0.4, -0.2) is 17.9 Å². The van der Waals surface area contributed by atoms with E-state index in [1.54, 1.807) is 12.1 Å². The Hall–Kier alpha value is -2.24. The number of thioether (sulfide) groups is 1. The molecule has 1 heterocycles. The highest BCUT2D eigenvalue weighted by Gasteiger charge is 2.41. The van der Waals surface area contributed by atoms with Gasteiger partial charge in [0.05, 0.1) is 5.69 Å². The van der Waals surface area contributed by atoms with Crippen LogP contribution in [0.1, 0.15) is 43.2 Å². The summed E-state index contributed by atoms with van der Waals surface area (Å²) in [5, 5.41) is 3.96. The Kier molecular flexibility index (Phi) is 6.21. The molecule has 0 unspecified atom stereocenters. The number of halogens is 1. The van der Waals surface area contributed by atoms with Crippen LogP contribution in [0.5, 0.6) is 0 Å². The fourth-order valence-electron chi connectivity index (χ4n) is 3.86. The molecular weight excluding hydrogens is 416 g/mol. The highest BCUT2D eigenvalue weighted by Crippen LogP contribution is 2.38. The van der Waals surface area contributed by atoms with Gasteiger partial charge in [0.25, 0.3) is 11.8 Å². The summed E-state index contributed by atoms with van der Waals surface area (Å²) >= 11 is 7.62. The van der Waals surface area contributed by atoms with Crippen molar-refractivity contribution in [2.45, 2.75) is 56.9 Å². The smallest absolute Gasteiger partial charge is 0.282 e. The van der Waals surface area contributed by atoms with Gasteiger partial charge in [-0.2, -0.15) is 0 Å². The normalized spacial score (nSPS) is 17.8. The topological polar surface area (TPSA) is 49.4 Å². The van der Waals surface area contributed by atoms with Crippen molar-refractivity contribution in [3.05, 3.63) is 69.2 Å². The molecular formula is C24H25ClN2O2S. The Balaban J connectivity index is 1.69. The van der Waals surface area contributed by atoms with Gasteiger partial charge in [-0.3, -0.25) is 9.59 Å². The van der Waals surface area contributed by atoms with Crippen molar-refractivity contribution in [3.63, 3.8) is 0 Å². The Labute approximate surface area is 186 Å². The fraction of sp³-hybridized carbons (Fsp3) is 0.333. The first-order chi connectivity index (χ1) is 14.4. The van der Waals surface area contributed by atoms with Gasteiger partial charge >= 0.3 is 0 Å². The summed E-state index contributed by atoms with van der Waals surface area (Å²) in [6.07, 6.45) is 5.55. The maximum Gasteiger partial charge on any atom is 0.282 e. The number of hydrogen-bond acceptors (Lipinski definition) is 4. The third-order valence-corrected chi connectivity index (χ3v) is 7.15. The SMILES string of the molecule is Cc1ccc(SC2=C(NC3CCCCC3)C(=O)N(c3ccc(C)c(Cl)c3)C2=O)cc1. The van der Waals surface area contributed by atoms with Crippen molar-refractivity contribution < 1.29 is 9.59 Å². The standard InChI is InChI=1S/C24H25ClN2O2S/c1-15-8-12-19(13-9-15)30-22-21(26-17-6-4-3-5-7-17)23(28)27(24(22)29)18-11-10-16(2)20(25)14-18/h8-14,17,26H,3-7H2,1-2H3. The maximum atomic E-state index is 13.4. The number of carbonyl (C=O) groups is 2. The van der Waals surface area contributed by atoms with Crippen LogP contribution >= 0.6 is 23.4 Å². The molecule has 0 aromatic heterocycles. The van der Waals surface area contributed by atoms with E-state index in [-0.39, 0.29) is 17.9 Å². The summed E-state index contributed by atoms with van der Waals surface area (Å²) in [6, 6.07) is 13.5. The first-order valence-electron chi connectivity index (χ1n) is 10.3. The Morgan fingerprint density at radius 3 is 2.33 bits per heavy atom. The number of amides is 2. The quantitative estimate of drug-likeness (QED) is 0.601. The van der Waals surface area contributed by atoms with Gasteiger partial charge in [-0.1, -0.05) is 66.4 Å². The molecule has 1 saturated carbocycles. The number of benzene rings is 2. The van der Waals surface area contributed by atoms with Gasteiger partial charge in [0.2, 0.25) is 0 Å². The average Bonchev–Trinajstić information content (AvgIpc) is 2.96. The summed E-state index contributed by atoms with van der Waals surface area (Å²) in [6.45, 7) is 3.92. The van der Waals surface area contributed by atoms with Crippen LogP contribution < -0.4 is 10.2 Å². The minimum absolute atomic E-state index is 0.223. The number of nitrogens with one attached hydrogen (secondary N) is 1. The molecule has 30 heavy (non-hydrogen) atoms. The van der Waals surface area contributed by atoms with Gasteiger partial charge < -0.3 is 5.32 Å². The lowest BCUT2D eigenvalue weighted by molar-refractivity contribution is -0.120. The number of nitrogens with zero attached hydrogens (tertiary/aromatic N) is 1. The molecule has 0 bridgehead atoms. The lowest BCUT2D eigenvalue weighted by atomic mass is 9.95. The number of aryl methyl sites for hydroxylation is 2. The third-order valence-electron chi connectivity index (χ3n) is 5.65. The molecule has 2 aromatic rings. The zero-order valence-corrected chi connectivity index (χ0v) is 18.8. The van der Waals surface area contributed by atoms with Crippen LogP contribution in [0.25, 0.3) is 0 Å². The minimum Gasteiger partial charge on any atom is -0.377 e. The van der Waals surface area contributed by atoms with Crippen molar-refractivity contribution in [3.8, 4) is 0 Å². The summed E-state index contributed by atoms with van der Waals surface area (Å²) in [7, 11) is 0. The minimum atomic E-state index is -0.305. The van der Waals surface area contributed by atoms with E-state index in [1.807, 2.05) is 44.2 Å².